The first-order chi connectivity index (χ1) is 7.24. The van der Waals surface area contributed by atoms with Crippen LogP contribution in [0.5, 0.6) is 0 Å². The third-order valence-corrected chi connectivity index (χ3v) is 3.02. The van der Waals surface area contributed by atoms with Gasteiger partial charge in [-0.3, -0.25) is 0 Å². The summed E-state index contributed by atoms with van der Waals surface area (Å²) in [6, 6.07) is 8.06. The largest absolute Gasteiger partial charge is 0.393 e. The summed E-state index contributed by atoms with van der Waals surface area (Å²) in [7, 11) is 0. The normalized spacial score (nSPS) is 23.8. The fraction of sp³-hybridized carbons (Fsp3) is 0.385. The Kier molecular flexibility index (Phi) is 2.63. The van der Waals surface area contributed by atoms with Crippen molar-refractivity contribution in [1.82, 2.24) is 0 Å². The van der Waals surface area contributed by atoms with E-state index in [2.05, 4.69) is 12.1 Å². The Morgan fingerprint density at radius 1 is 1.33 bits per heavy atom. The lowest BCUT2D eigenvalue weighted by Gasteiger charge is -2.30. The van der Waals surface area contributed by atoms with E-state index >= 15 is 0 Å². The van der Waals surface area contributed by atoms with Gasteiger partial charge >= 0.3 is 0 Å². The van der Waals surface area contributed by atoms with Crippen LogP contribution in [0, 0.1) is 0 Å². The lowest BCUT2D eigenvalue weighted by Crippen LogP contribution is -2.33. The predicted molar refractivity (Wildman–Crippen MR) is 60.5 cm³/mol. The van der Waals surface area contributed by atoms with Crippen LogP contribution < -0.4 is 0 Å². The Bertz CT molecular complexity index is 395. The molecule has 0 spiro atoms. The molecule has 0 saturated heterocycles. The average Bonchev–Trinajstić information content (AvgIpc) is 2.53. The first-order valence-electron chi connectivity index (χ1n) is 5.27. The summed E-state index contributed by atoms with van der Waals surface area (Å²) in [4.78, 5) is 0. The zero-order valence-corrected chi connectivity index (χ0v) is 9.16. The second-order valence-corrected chi connectivity index (χ2v) is 3.83. The number of hydrogen-bond acceptors (Lipinski definition) is 2. The Balaban J connectivity index is 2.53. The molecule has 0 aromatic heterocycles. The van der Waals surface area contributed by atoms with Crippen molar-refractivity contribution in [2.24, 2.45) is 0 Å². The maximum absolute atomic E-state index is 9.60. The average molecular weight is 204 g/mol. The van der Waals surface area contributed by atoms with Crippen LogP contribution in [0.15, 0.2) is 29.8 Å². The van der Waals surface area contributed by atoms with Crippen LogP contribution in [0.25, 0.3) is 6.08 Å². The molecule has 1 aromatic rings. The zero-order chi connectivity index (χ0) is 10.9. The minimum absolute atomic E-state index is 0.000185. The first kappa shape index (κ1) is 10.4. The molecule has 0 fully saturated rings. The van der Waals surface area contributed by atoms with Gasteiger partial charge < -0.3 is 9.84 Å². The van der Waals surface area contributed by atoms with Crippen molar-refractivity contribution in [3.8, 4) is 0 Å². The molecule has 1 atom stereocenters. The lowest BCUT2D eigenvalue weighted by molar-refractivity contribution is -0.0499. The monoisotopic (exact) mass is 204 g/mol. The molecule has 0 radical (unpaired) electrons. The third kappa shape index (κ3) is 1.41. The molecule has 80 valence electrons. The van der Waals surface area contributed by atoms with Gasteiger partial charge in [-0.25, -0.2) is 0 Å². The summed E-state index contributed by atoms with van der Waals surface area (Å²) >= 11 is 0. The molecule has 0 heterocycles. The SMILES string of the molecule is CCOC1(CO)C(C)=Cc2ccccc21. The molecule has 0 aliphatic heterocycles. The van der Waals surface area contributed by atoms with Crippen molar-refractivity contribution >= 4 is 6.08 Å². The van der Waals surface area contributed by atoms with Crippen molar-refractivity contribution in [3.05, 3.63) is 41.0 Å². The molecule has 1 aliphatic rings. The van der Waals surface area contributed by atoms with E-state index in [1.54, 1.807) is 0 Å². The van der Waals surface area contributed by atoms with E-state index in [1.165, 1.54) is 0 Å². The smallest absolute Gasteiger partial charge is 0.138 e. The van der Waals surface area contributed by atoms with Gasteiger partial charge in [0.15, 0.2) is 0 Å². The molecule has 1 N–H and O–H groups in total. The molecule has 2 rings (SSSR count). The van der Waals surface area contributed by atoms with Crippen LogP contribution in [0.4, 0.5) is 0 Å². The van der Waals surface area contributed by atoms with Crippen LogP contribution in [0.3, 0.4) is 0 Å². The molecule has 1 aliphatic carbocycles. The number of hydrogen-bond donors (Lipinski definition) is 1. The zero-order valence-electron chi connectivity index (χ0n) is 9.16. The summed E-state index contributed by atoms with van der Waals surface area (Å²) in [5, 5.41) is 9.60. The van der Waals surface area contributed by atoms with E-state index in [4.69, 9.17) is 4.74 Å². The molecule has 0 amide bonds. The first-order valence-corrected chi connectivity index (χ1v) is 5.27. The second-order valence-electron chi connectivity index (χ2n) is 3.83. The summed E-state index contributed by atoms with van der Waals surface area (Å²) in [6.07, 6.45) is 2.08. The fourth-order valence-corrected chi connectivity index (χ4v) is 2.25. The molecule has 2 heteroatoms. The number of fused-ring (bicyclic) bond motifs is 1. The van der Waals surface area contributed by atoms with Crippen LogP contribution in [0.1, 0.15) is 25.0 Å². The predicted octanol–water partition coefficient (Wildman–Crippen LogP) is 2.33. The standard InChI is InChI=1S/C13H16O2/c1-3-15-13(9-14)10(2)8-11-6-4-5-7-12(11)13/h4-8,14H,3,9H2,1-2H3. The van der Waals surface area contributed by atoms with Crippen molar-refractivity contribution < 1.29 is 9.84 Å². The number of rotatable bonds is 3. The summed E-state index contributed by atoms with van der Waals surface area (Å²) in [5.41, 5.74) is 2.70. The number of aliphatic hydroxyl groups is 1. The van der Waals surface area contributed by atoms with Crippen LogP contribution in [-0.2, 0) is 10.3 Å². The van der Waals surface area contributed by atoms with E-state index in [0.717, 1.165) is 16.7 Å². The Hall–Kier alpha value is -1.12. The topological polar surface area (TPSA) is 29.5 Å². The van der Waals surface area contributed by atoms with Gasteiger partial charge in [0.1, 0.15) is 5.60 Å². The van der Waals surface area contributed by atoms with E-state index < -0.39 is 5.60 Å². The minimum Gasteiger partial charge on any atom is -0.393 e. The van der Waals surface area contributed by atoms with Crippen LogP contribution in [-0.4, -0.2) is 18.3 Å². The van der Waals surface area contributed by atoms with Gasteiger partial charge in [-0.1, -0.05) is 30.3 Å². The third-order valence-electron chi connectivity index (χ3n) is 3.02. The molecule has 0 saturated carbocycles. The van der Waals surface area contributed by atoms with E-state index in [9.17, 15) is 5.11 Å². The number of ether oxygens (including phenoxy) is 1. The molecule has 1 unspecified atom stereocenters. The van der Waals surface area contributed by atoms with Gasteiger partial charge in [0, 0.05) is 6.61 Å². The highest BCUT2D eigenvalue weighted by molar-refractivity contribution is 5.67. The van der Waals surface area contributed by atoms with Gasteiger partial charge in [-0.2, -0.15) is 0 Å². The fourth-order valence-electron chi connectivity index (χ4n) is 2.25. The highest BCUT2D eigenvalue weighted by Gasteiger charge is 2.39. The van der Waals surface area contributed by atoms with Gasteiger partial charge in [0.25, 0.3) is 0 Å². The molecule has 1 aromatic carbocycles. The van der Waals surface area contributed by atoms with Crippen molar-refractivity contribution in [2.75, 3.05) is 13.2 Å². The second kappa shape index (κ2) is 3.80. The van der Waals surface area contributed by atoms with Crippen molar-refractivity contribution in [1.29, 1.82) is 0 Å². The summed E-state index contributed by atoms with van der Waals surface area (Å²) < 4.78 is 5.76. The molecule has 15 heavy (non-hydrogen) atoms. The highest BCUT2D eigenvalue weighted by atomic mass is 16.5. The Labute approximate surface area is 90.2 Å². The molecular formula is C13H16O2. The molecule has 2 nitrogen and oxygen atoms in total. The van der Waals surface area contributed by atoms with Gasteiger partial charge in [0.05, 0.1) is 6.61 Å². The maximum atomic E-state index is 9.60. The summed E-state index contributed by atoms with van der Waals surface area (Å²) in [5.74, 6) is 0. The van der Waals surface area contributed by atoms with Crippen LogP contribution >= 0.6 is 0 Å². The minimum atomic E-state index is -0.606. The number of aliphatic hydroxyl groups excluding tert-OH is 1. The molecular weight excluding hydrogens is 188 g/mol. The van der Waals surface area contributed by atoms with Crippen LogP contribution in [0.2, 0.25) is 0 Å². The maximum Gasteiger partial charge on any atom is 0.138 e. The van der Waals surface area contributed by atoms with E-state index in [1.807, 2.05) is 32.0 Å². The molecule has 0 bridgehead atoms. The van der Waals surface area contributed by atoms with Gasteiger partial charge in [-0.15, -0.1) is 0 Å². The Morgan fingerprint density at radius 3 is 2.73 bits per heavy atom. The van der Waals surface area contributed by atoms with E-state index in [0.29, 0.717) is 6.61 Å². The van der Waals surface area contributed by atoms with Crippen molar-refractivity contribution in [3.63, 3.8) is 0 Å². The van der Waals surface area contributed by atoms with Gasteiger partial charge in [0.2, 0.25) is 0 Å². The Morgan fingerprint density at radius 2 is 2.07 bits per heavy atom. The summed E-state index contributed by atoms with van der Waals surface area (Å²) in [6.45, 7) is 4.55. The van der Waals surface area contributed by atoms with Gasteiger partial charge in [-0.05, 0) is 30.5 Å². The quantitative estimate of drug-likeness (QED) is 0.818. The highest BCUT2D eigenvalue weighted by Crippen LogP contribution is 2.42. The lowest BCUT2D eigenvalue weighted by atomic mass is 9.91. The van der Waals surface area contributed by atoms with Crippen molar-refractivity contribution in [2.45, 2.75) is 19.4 Å². The van der Waals surface area contributed by atoms with E-state index in [-0.39, 0.29) is 6.61 Å². The number of benzene rings is 1.